The third-order valence-electron chi connectivity index (χ3n) is 13.9. The van der Waals surface area contributed by atoms with E-state index in [2.05, 4.69) is 0 Å². The predicted octanol–water partition coefficient (Wildman–Crippen LogP) is 2.57. The van der Waals surface area contributed by atoms with Gasteiger partial charge in [0.15, 0.2) is 29.3 Å². The second kappa shape index (κ2) is 14.2. The molecule has 2 aliphatic heterocycles. The Hall–Kier alpha value is -4.13. The average molecular weight is 832 g/mol. The van der Waals surface area contributed by atoms with Crippen molar-refractivity contribution in [2.45, 2.75) is 147 Å². The summed E-state index contributed by atoms with van der Waals surface area (Å²) in [7, 11) is 1.06. The van der Waals surface area contributed by atoms with Crippen molar-refractivity contribution in [1.82, 2.24) is 4.90 Å². The fourth-order valence-electron chi connectivity index (χ4n) is 10.4. The van der Waals surface area contributed by atoms with Crippen LogP contribution in [-0.4, -0.2) is 139 Å². The van der Waals surface area contributed by atoms with Gasteiger partial charge in [-0.3, -0.25) is 9.69 Å². The van der Waals surface area contributed by atoms with Crippen LogP contribution in [0.2, 0.25) is 0 Å². The zero-order valence-corrected chi connectivity index (χ0v) is 35.3. The number of cyclic esters (lactones) is 1. The van der Waals surface area contributed by atoms with E-state index >= 15 is 4.79 Å². The van der Waals surface area contributed by atoms with Gasteiger partial charge in [-0.05, 0) is 63.3 Å². The zero-order valence-electron chi connectivity index (χ0n) is 35.3. The lowest BCUT2D eigenvalue weighted by molar-refractivity contribution is -0.345. The maximum absolute atomic E-state index is 15.1. The normalized spacial score (nSPS) is 38.3. The van der Waals surface area contributed by atoms with Crippen LogP contribution < -0.4 is 0 Å². The number of rotatable bonds is 7. The highest BCUT2D eigenvalue weighted by Crippen LogP contribution is 2.65. The maximum atomic E-state index is 15.1. The topological polar surface area (TPSA) is 245 Å². The van der Waals surface area contributed by atoms with E-state index in [1.807, 2.05) is 0 Å². The fourth-order valence-corrected chi connectivity index (χ4v) is 10.4. The van der Waals surface area contributed by atoms with Gasteiger partial charge < -0.3 is 54.0 Å². The van der Waals surface area contributed by atoms with Gasteiger partial charge >= 0.3 is 24.2 Å². The molecule has 17 heteroatoms. The standard InChI is InChI=1S/C42H57NO16/c1-20-24-25(45)29(47)40(10)22(44)17-23-41(19-55-23,59-35(52)54-11)27(40)30(56-31(48)21-15-13-12-14-16-21)42(53,37(24,5)6)18-39(20,9)57-32(49)26(46)28(36(2,3)4)43-33(50)38(7,8)58-34(43)51/h12-16,22-23,25-28,30,33,44-46,50,53H,17-19H2,1-11H3/t22?,23-,25-,26-,27?,28-,30+,33?,39-,40-,41+,42-/m1/s1. The van der Waals surface area contributed by atoms with Crippen molar-refractivity contribution in [1.29, 1.82) is 0 Å². The van der Waals surface area contributed by atoms with Crippen molar-refractivity contribution in [2.75, 3.05) is 13.7 Å². The highest BCUT2D eigenvalue weighted by atomic mass is 16.8. The van der Waals surface area contributed by atoms with E-state index < -0.39 is 124 Å². The molecule has 326 valence electrons. The van der Waals surface area contributed by atoms with Gasteiger partial charge in [0.05, 0.1) is 42.8 Å². The molecule has 2 heterocycles. The summed E-state index contributed by atoms with van der Waals surface area (Å²) >= 11 is 0. The minimum absolute atomic E-state index is 0.0452. The third kappa shape index (κ3) is 6.45. The molecule has 2 saturated heterocycles. The summed E-state index contributed by atoms with van der Waals surface area (Å²) in [6.07, 6.45) is -13.4. The Morgan fingerprint density at radius 1 is 0.966 bits per heavy atom. The summed E-state index contributed by atoms with van der Waals surface area (Å²) < 4.78 is 34.5. The number of esters is 2. The molecular formula is C42H57NO16. The second-order valence-electron chi connectivity index (χ2n) is 19.2. The number of aliphatic hydroxyl groups is 5. The van der Waals surface area contributed by atoms with E-state index in [4.69, 9.17) is 28.4 Å². The molecule has 12 atom stereocenters. The van der Waals surface area contributed by atoms with E-state index in [1.165, 1.54) is 60.6 Å². The lowest BCUT2D eigenvalue weighted by Crippen LogP contribution is -2.82. The summed E-state index contributed by atoms with van der Waals surface area (Å²) in [5, 5.41) is 60.8. The maximum Gasteiger partial charge on any atom is 0.508 e. The number of carbonyl (C=O) groups is 5. The first-order valence-corrected chi connectivity index (χ1v) is 19.7. The Morgan fingerprint density at radius 3 is 2.08 bits per heavy atom. The van der Waals surface area contributed by atoms with Crippen LogP contribution in [0.5, 0.6) is 0 Å². The molecule has 1 aromatic rings. The first-order chi connectivity index (χ1) is 27.1. The molecule has 6 rings (SSSR count). The molecule has 0 radical (unpaired) electrons. The van der Waals surface area contributed by atoms with E-state index in [0.717, 1.165) is 12.0 Å². The minimum Gasteiger partial charge on any atom is -0.455 e. The van der Waals surface area contributed by atoms with Crippen molar-refractivity contribution >= 4 is 30.0 Å². The van der Waals surface area contributed by atoms with Crippen LogP contribution in [0.4, 0.5) is 9.59 Å². The van der Waals surface area contributed by atoms with Crippen LogP contribution in [-0.2, 0) is 38.0 Å². The van der Waals surface area contributed by atoms with Crippen LogP contribution in [0.1, 0.15) is 92.4 Å². The first kappa shape index (κ1) is 44.4. The van der Waals surface area contributed by atoms with E-state index in [0.29, 0.717) is 0 Å². The number of hydrogen-bond acceptors (Lipinski definition) is 16. The number of Topliss-reactive ketones (excluding diaryl/α,β-unsaturated/α-hetero) is 1. The Balaban J connectivity index is 1.55. The number of fused-ring (bicyclic) bond motifs is 5. The van der Waals surface area contributed by atoms with Gasteiger partial charge in [-0.25, -0.2) is 19.2 Å². The Morgan fingerprint density at radius 2 is 1.58 bits per heavy atom. The smallest absolute Gasteiger partial charge is 0.455 e. The van der Waals surface area contributed by atoms with E-state index in [1.54, 1.807) is 39.0 Å². The summed E-state index contributed by atoms with van der Waals surface area (Å²) in [5.74, 6) is -4.86. The van der Waals surface area contributed by atoms with Crippen LogP contribution >= 0.6 is 0 Å². The summed E-state index contributed by atoms with van der Waals surface area (Å²) in [6, 6.07) is 6.33. The molecule has 0 spiro atoms. The van der Waals surface area contributed by atoms with Crippen LogP contribution in [0.15, 0.2) is 41.5 Å². The number of methoxy groups -OCH3 is 1. The number of amides is 1. The number of aliphatic hydroxyl groups excluding tert-OH is 4. The van der Waals surface area contributed by atoms with Gasteiger partial charge in [0.25, 0.3) is 0 Å². The van der Waals surface area contributed by atoms with Crippen molar-refractivity contribution in [3.05, 3.63) is 47.0 Å². The fraction of sp³-hybridized carbons (Fsp3) is 0.690. The molecule has 5 aliphatic rings. The number of ketones is 1. The predicted molar refractivity (Wildman–Crippen MR) is 203 cm³/mol. The summed E-state index contributed by atoms with van der Waals surface area (Å²) in [4.78, 5) is 70.7. The Labute approximate surface area is 342 Å². The van der Waals surface area contributed by atoms with Crippen LogP contribution in [0.25, 0.3) is 0 Å². The van der Waals surface area contributed by atoms with Crippen molar-refractivity contribution < 1.29 is 77.9 Å². The molecular weight excluding hydrogens is 774 g/mol. The number of benzene rings is 1. The van der Waals surface area contributed by atoms with Gasteiger partial charge in [-0.1, -0.05) is 52.8 Å². The highest BCUT2D eigenvalue weighted by Gasteiger charge is 2.79. The van der Waals surface area contributed by atoms with Gasteiger partial charge in [-0.15, -0.1) is 0 Å². The largest absolute Gasteiger partial charge is 0.508 e. The van der Waals surface area contributed by atoms with Gasteiger partial charge in [-0.2, -0.15) is 0 Å². The SMILES string of the molecule is COC(=O)O[C@@]12CO[C@@H]1CC(O)[C@@]1(C)C(=O)[C@H](O)C3=C(C)[C@](C)(OC(=O)[C@H](O)[C@@H](N4C(=O)OC(C)(C)C4O)C(C)(C)C)C[C@@](O)([C@@H](OC(=O)c4ccccc4)C12)C3(C)C. The van der Waals surface area contributed by atoms with Crippen molar-refractivity contribution in [3.63, 3.8) is 0 Å². The van der Waals surface area contributed by atoms with Crippen molar-refractivity contribution in [3.8, 4) is 0 Å². The summed E-state index contributed by atoms with van der Waals surface area (Å²) in [6.45, 7) is 14.7. The van der Waals surface area contributed by atoms with E-state index in [-0.39, 0.29) is 29.7 Å². The second-order valence-corrected chi connectivity index (χ2v) is 19.2. The Kier molecular flexibility index (Phi) is 10.7. The van der Waals surface area contributed by atoms with Gasteiger partial charge in [0, 0.05) is 18.3 Å². The lowest BCUT2D eigenvalue weighted by Gasteiger charge is -2.67. The molecule has 1 amide bonds. The van der Waals surface area contributed by atoms with Crippen LogP contribution in [0.3, 0.4) is 0 Å². The lowest BCUT2D eigenvalue weighted by atomic mass is 9.44. The summed E-state index contributed by atoms with van der Waals surface area (Å²) in [5.41, 5.74) is -12.6. The number of nitrogens with zero attached hydrogens (tertiary/aromatic N) is 1. The van der Waals surface area contributed by atoms with Gasteiger partial charge in [0.1, 0.15) is 29.5 Å². The number of hydrogen-bond donors (Lipinski definition) is 5. The molecule has 17 nitrogen and oxygen atoms in total. The molecule has 0 aromatic heterocycles. The number of ether oxygens (including phenoxy) is 6. The Bertz CT molecular complexity index is 1940. The van der Waals surface area contributed by atoms with Gasteiger partial charge in [0.2, 0.25) is 0 Å². The third-order valence-corrected chi connectivity index (χ3v) is 13.9. The molecule has 4 fully saturated rings. The highest BCUT2D eigenvalue weighted by molar-refractivity contribution is 5.94. The molecule has 2 saturated carbocycles. The van der Waals surface area contributed by atoms with Crippen molar-refractivity contribution in [2.24, 2.45) is 22.2 Å². The average Bonchev–Trinajstić information content (AvgIpc) is 3.34. The van der Waals surface area contributed by atoms with E-state index in [9.17, 15) is 44.7 Å². The first-order valence-electron chi connectivity index (χ1n) is 19.7. The monoisotopic (exact) mass is 831 g/mol. The number of carbonyl (C=O) groups excluding carboxylic acids is 5. The van der Waals surface area contributed by atoms with Crippen LogP contribution in [0, 0.1) is 22.2 Å². The minimum atomic E-state index is -2.45. The molecule has 3 unspecified atom stereocenters. The molecule has 3 aliphatic carbocycles. The molecule has 59 heavy (non-hydrogen) atoms. The quantitative estimate of drug-likeness (QED) is 0.151. The zero-order chi connectivity index (χ0) is 44.2. The molecule has 1 aromatic carbocycles. The molecule has 2 bridgehead atoms. The molecule has 5 N–H and O–H groups in total.